The van der Waals surface area contributed by atoms with Gasteiger partial charge in [-0.3, -0.25) is 10.1 Å². The van der Waals surface area contributed by atoms with Crippen LogP contribution in [0.2, 0.25) is 0 Å². The highest BCUT2D eigenvalue weighted by molar-refractivity contribution is 5.97. The predicted molar refractivity (Wildman–Crippen MR) is 76.1 cm³/mol. The zero-order chi connectivity index (χ0) is 15.6. The summed E-state index contributed by atoms with van der Waals surface area (Å²) >= 11 is 0. The zero-order valence-electron chi connectivity index (χ0n) is 11.6. The number of nitro groups is 1. The smallest absolute Gasteiger partial charge is 0.338 e. The highest BCUT2D eigenvalue weighted by Gasteiger charge is 2.20. The molecule has 1 aromatic carbocycles. The third-order valence-corrected chi connectivity index (χ3v) is 2.93. The number of fused-ring (bicyclic) bond motifs is 1. The van der Waals surface area contributed by atoms with Crippen LogP contribution in [0.1, 0.15) is 21.7 Å². The minimum Gasteiger partial charge on any atom is -0.458 e. The summed E-state index contributed by atoms with van der Waals surface area (Å²) in [7, 11) is 0. The van der Waals surface area contributed by atoms with Crippen molar-refractivity contribution >= 4 is 22.7 Å². The molecule has 2 rings (SSSR count). The van der Waals surface area contributed by atoms with Crippen molar-refractivity contribution in [2.45, 2.75) is 13.8 Å². The fraction of sp³-hybridized carbons (Fsp3) is 0.214. The molecule has 1 heterocycles. The van der Waals surface area contributed by atoms with Crippen molar-refractivity contribution in [3.63, 3.8) is 0 Å². The van der Waals surface area contributed by atoms with Gasteiger partial charge in [0.25, 0.3) is 5.69 Å². The maximum atomic E-state index is 11.8. The first-order chi connectivity index (χ1) is 9.93. The van der Waals surface area contributed by atoms with Crippen LogP contribution in [0.4, 0.5) is 5.69 Å². The first-order valence-electron chi connectivity index (χ1n) is 6.15. The number of aromatic nitrogens is 2. The van der Waals surface area contributed by atoms with Gasteiger partial charge < -0.3 is 4.74 Å². The summed E-state index contributed by atoms with van der Waals surface area (Å²) in [6, 6.07) is 2.59. The van der Waals surface area contributed by atoms with Crippen LogP contribution in [0.25, 0.3) is 11.0 Å². The fourth-order valence-corrected chi connectivity index (χ4v) is 1.79. The standard InChI is InChI=1S/C14H13N3O4/c1-4-5-21-14(18)10-6-11-13(12(7-10)17(19)20)16-9(3)8(2)15-11/h4,6-7H,1,5H2,2-3H3. The molecule has 7 heteroatoms. The minimum atomic E-state index is -0.667. The Hall–Kier alpha value is -2.83. The Balaban J connectivity index is 2.65. The lowest BCUT2D eigenvalue weighted by Gasteiger charge is -2.06. The molecule has 2 aromatic rings. The Bertz CT molecular complexity index is 755. The third kappa shape index (κ3) is 2.86. The van der Waals surface area contributed by atoms with E-state index in [1.807, 2.05) is 0 Å². The number of nitro benzene ring substituents is 1. The van der Waals surface area contributed by atoms with Gasteiger partial charge in [-0.15, -0.1) is 0 Å². The average Bonchev–Trinajstić information content (AvgIpc) is 2.44. The highest BCUT2D eigenvalue weighted by atomic mass is 16.6. The number of benzene rings is 1. The van der Waals surface area contributed by atoms with Gasteiger partial charge in [-0.1, -0.05) is 12.7 Å². The van der Waals surface area contributed by atoms with E-state index in [4.69, 9.17) is 4.74 Å². The van der Waals surface area contributed by atoms with Gasteiger partial charge in [0, 0.05) is 6.07 Å². The average molecular weight is 287 g/mol. The second-order valence-corrected chi connectivity index (χ2v) is 4.40. The zero-order valence-corrected chi connectivity index (χ0v) is 11.6. The van der Waals surface area contributed by atoms with Gasteiger partial charge in [-0.2, -0.15) is 0 Å². The van der Waals surface area contributed by atoms with Crippen molar-refractivity contribution in [2.24, 2.45) is 0 Å². The molecule has 1 aromatic heterocycles. The molecular formula is C14H13N3O4. The fourth-order valence-electron chi connectivity index (χ4n) is 1.79. The van der Waals surface area contributed by atoms with Crippen LogP contribution in [0.5, 0.6) is 0 Å². The van der Waals surface area contributed by atoms with E-state index in [1.165, 1.54) is 12.1 Å². The largest absolute Gasteiger partial charge is 0.458 e. The lowest BCUT2D eigenvalue weighted by atomic mass is 10.1. The van der Waals surface area contributed by atoms with Gasteiger partial charge in [0.05, 0.1) is 27.4 Å². The van der Waals surface area contributed by atoms with Crippen LogP contribution >= 0.6 is 0 Å². The number of hydrogen-bond acceptors (Lipinski definition) is 6. The van der Waals surface area contributed by atoms with Crippen molar-refractivity contribution in [3.8, 4) is 0 Å². The van der Waals surface area contributed by atoms with Crippen molar-refractivity contribution in [3.05, 3.63) is 51.9 Å². The first-order valence-corrected chi connectivity index (χ1v) is 6.15. The molecule has 0 radical (unpaired) electrons. The second-order valence-electron chi connectivity index (χ2n) is 4.40. The van der Waals surface area contributed by atoms with Crippen molar-refractivity contribution in [2.75, 3.05) is 6.61 Å². The molecule has 0 saturated carbocycles. The Kier molecular flexibility index (Phi) is 3.93. The first kappa shape index (κ1) is 14.6. The minimum absolute atomic E-state index is 0.0310. The summed E-state index contributed by atoms with van der Waals surface area (Å²) in [6.07, 6.45) is 1.42. The third-order valence-electron chi connectivity index (χ3n) is 2.93. The van der Waals surface area contributed by atoms with Gasteiger partial charge >= 0.3 is 5.97 Å². The van der Waals surface area contributed by atoms with Gasteiger partial charge in [-0.25, -0.2) is 14.8 Å². The number of nitrogens with zero attached hydrogens (tertiary/aromatic N) is 3. The van der Waals surface area contributed by atoms with Crippen LogP contribution in [-0.4, -0.2) is 27.5 Å². The van der Waals surface area contributed by atoms with E-state index < -0.39 is 10.9 Å². The summed E-state index contributed by atoms with van der Waals surface area (Å²) in [5, 5.41) is 11.2. The topological polar surface area (TPSA) is 95.2 Å². The van der Waals surface area contributed by atoms with E-state index in [1.54, 1.807) is 13.8 Å². The van der Waals surface area contributed by atoms with Crippen molar-refractivity contribution in [1.29, 1.82) is 0 Å². The van der Waals surface area contributed by atoms with E-state index >= 15 is 0 Å². The van der Waals surface area contributed by atoms with Gasteiger partial charge in [0.1, 0.15) is 6.61 Å². The predicted octanol–water partition coefficient (Wildman–Crippen LogP) is 2.50. The molecule has 0 N–H and O–H groups in total. The van der Waals surface area contributed by atoms with E-state index in [9.17, 15) is 14.9 Å². The molecule has 7 nitrogen and oxygen atoms in total. The summed E-state index contributed by atoms with van der Waals surface area (Å²) in [5.41, 5.74) is 1.49. The van der Waals surface area contributed by atoms with E-state index in [0.29, 0.717) is 11.4 Å². The molecule has 0 aliphatic heterocycles. The number of rotatable bonds is 4. The Morgan fingerprint density at radius 2 is 2.05 bits per heavy atom. The Labute approximate surface area is 120 Å². The highest BCUT2D eigenvalue weighted by Crippen LogP contribution is 2.26. The molecule has 0 amide bonds. The van der Waals surface area contributed by atoms with E-state index in [0.717, 1.165) is 6.07 Å². The van der Waals surface area contributed by atoms with Crippen LogP contribution in [0, 0.1) is 24.0 Å². The molecule has 108 valence electrons. The van der Waals surface area contributed by atoms with Gasteiger partial charge in [-0.05, 0) is 19.9 Å². The normalized spacial score (nSPS) is 10.4. The molecule has 0 saturated heterocycles. The Morgan fingerprint density at radius 1 is 1.38 bits per heavy atom. The second kappa shape index (κ2) is 5.66. The molecule has 0 aliphatic rings. The van der Waals surface area contributed by atoms with Crippen LogP contribution < -0.4 is 0 Å². The molecule has 0 bridgehead atoms. The van der Waals surface area contributed by atoms with Crippen molar-refractivity contribution in [1.82, 2.24) is 9.97 Å². The quantitative estimate of drug-likeness (QED) is 0.371. The van der Waals surface area contributed by atoms with Gasteiger partial charge in [0.2, 0.25) is 0 Å². The number of non-ortho nitro benzene ring substituents is 1. The summed E-state index contributed by atoms with van der Waals surface area (Å²) in [5.74, 6) is -0.667. The number of esters is 1. The van der Waals surface area contributed by atoms with Crippen LogP contribution in [0.3, 0.4) is 0 Å². The number of carbonyl (C=O) groups excluding carboxylic acids is 1. The summed E-state index contributed by atoms with van der Waals surface area (Å²) in [4.78, 5) is 30.8. The summed E-state index contributed by atoms with van der Waals surface area (Å²) in [6.45, 7) is 6.93. The lowest BCUT2D eigenvalue weighted by Crippen LogP contribution is -2.07. The molecule has 0 spiro atoms. The molecule has 21 heavy (non-hydrogen) atoms. The van der Waals surface area contributed by atoms with Crippen LogP contribution in [0.15, 0.2) is 24.8 Å². The SMILES string of the molecule is C=CCOC(=O)c1cc([N+](=O)[O-])c2nc(C)c(C)nc2c1. The molecule has 0 aliphatic carbocycles. The van der Waals surface area contributed by atoms with Gasteiger partial charge in [0.15, 0.2) is 5.52 Å². The number of ether oxygens (including phenoxy) is 1. The molecule has 0 fully saturated rings. The van der Waals surface area contributed by atoms with Crippen LogP contribution in [-0.2, 0) is 4.74 Å². The lowest BCUT2D eigenvalue weighted by molar-refractivity contribution is -0.383. The van der Waals surface area contributed by atoms with Crippen molar-refractivity contribution < 1.29 is 14.5 Å². The Morgan fingerprint density at radius 3 is 2.67 bits per heavy atom. The maximum Gasteiger partial charge on any atom is 0.338 e. The maximum absolute atomic E-state index is 11.8. The van der Waals surface area contributed by atoms with E-state index in [2.05, 4.69) is 16.5 Å². The molecule has 0 unspecified atom stereocenters. The monoisotopic (exact) mass is 287 g/mol. The van der Waals surface area contributed by atoms with E-state index in [-0.39, 0.29) is 28.9 Å². The number of hydrogen-bond donors (Lipinski definition) is 0. The summed E-state index contributed by atoms with van der Waals surface area (Å²) < 4.78 is 4.89. The number of carbonyl (C=O) groups is 1. The molecular weight excluding hydrogens is 274 g/mol. The molecule has 0 atom stereocenters. The number of aryl methyl sites for hydroxylation is 2.